The Morgan fingerprint density at radius 1 is 1.30 bits per heavy atom. The summed E-state index contributed by atoms with van der Waals surface area (Å²) in [4.78, 5) is 20.5. The molecule has 6 nitrogen and oxygen atoms in total. The van der Waals surface area contributed by atoms with E-state index in [2.05, 4.69) is 15.0 Å². The van der Waals surface area contributed by atoms with E-state index in [1.54, 1.807) is 19.1 Å². The fourth-order valence-corrected chi connectivity index (χ4v) is 2.68. The Hall–Kier alpha value is -2.28. The van der Waals surface area contributed by atoms with E-state index in [0.717, 1.165) is 13.1 Å². The Morgan fingerprint density at radius 3 is 2.74 bits per heavy atom. The molecular formula is C16H19FN4O2. The van der Waals surface area contributed by atoms with Crippen LogP contribution in [0.4, 0.5) is 4.39 Å². The largest absolute Gasteiger partial charge is 0.340 e. The first kappa shape index (κ1) is 15.6. The Labute approximate surface area is 133 Å². The van der Waals surface area contributed by atoms with Crippen LogP contribution in [0.25, 0.3) is 0 Å². The van der Waals surface area contributed by atoms with Crippen LogP contribution in [0.15, 0.2) is 28.8 Å². The minimum Gasteiger partial charge on any atom is -0.340 e. The molecule has 0 aliphatic carbocycles. The number of rotatable bonds is 4. The molecule has 0 spiro atoms. The molecule has 1 fully saturated rings. The van der Waals surface area contributed by atoms with Gasteiger partial charge >= 0.3 is 0 Å². The highest BCUT2D eigenvalue weighted by Crippen LogP contribution is 2.10. The van der Waals surface area contributed by atoms with Crippen LogP contribution in [0.1, 0.15) is 17.3 Å². The number of piperazine rings is 1. The van der Waals surface area contributed by atoms with E-state index in [1.165, 1.54) is 12.1 Å². The van der Waals surface area contributed by atoms with Gasteiger partial charge in [0.15, 0.2) is 5.82 Å². The second-order valence-electron chi connectivity index (χ2n) is 5.70. The summed E-state index contributed by atoms with van der Waals surface area (Å²) >= 11 is 0. The van der Waals surface area contributed by atoms with Crippen LogP contribution < -0.4 is 0 Å². The van der Waals surface area contributed by atoms with Crippen molar-refractivity contribution < 1.29 is 13.7 Å². The SMILES string of the molecule is Cc1noc(CN2CCN(C(=O)Cc3cccc(F)c3)CC2)n1. The summed E-state index contributed by atoms with van der Waals surface area (Å²) in [6.07, 6.45) is 0.237. The number of nitrogens with zero attached hydrogens (tertiary/aromatic N) is 4. The van der Waals surface area contributed by atoms with Crippen LogP contribution in [-0.2, 0) is 17.8 Å². The molecule has 2 heterocycles. The highest BCUT2D eigenvalue weighted by atomic mass is 19.1. The van der Waals surface area contributed by atoms with E-state index in [9.17, 15) is 9.18 Å². The predicted octanol–water partition coefficient (Wildman–Crippen LogP) is 1.40. The number of carbonyl (C=O) groups excluding carboxylic acids is 1. The van der Waals surface area contributed by atoms with Gasteiger partial charge in [0.25, 0.3) is 0 Å². The maximum absolute atomic E-state index is 13.2. The van der Waals surface area contributed by atoms with Gasteiger partial charge in [-0.15, -0.1) is 0 Å². The lowest BCUT2D eigenvalue weighted by atomic mass is 10.1. The lowest BCUT2D eigenvalue weighted by Crippen LogP contribution is -2.48. The molecule has 23 heavy (non-hydrogen) atoms. The molecular weight excluding hydrogens is 299 g/mol. The van der Waals surface area contributed by atoms with Crippen molar-refractivity contribution in [3.63, 3.8) is 0 Å². The van der Waals surface area contributed by atoms with Crippen LogP contribution in [0.2, 0.25) is 0 Å². The summed E-state index contributed by atoms with van der Waals surface area (Å²) < 4.78 is 18.3. The smallest absolute Gasteiger partial charge is 0.240 e. The summed E-state index contributed by atoms with van der Waals surface area (Å²) in [6, 6.07) is 6.19. The van der Waals surface area contributed by atoms with E-state index in [-0.39, 0.29) is 18.1 Å². The normalized spacial score (nSPS) is 15.8. The van der Waals surface area contributed by atoms with Crippen molar-refractivity contribution in [3.8, 4) is 0 Å². The molecule has 0 atom stereocenters. The van der Waals surface area contributed by atoms with E-state index in [4.69, 9.17) is 4.52 Å². The predicted molar refractivity (Wildman–Crippen MR) is 81.0 cm³/mol. The van der Waals surface area contributed by atoms with Gasteiger partial charge in [-0.1, -0.05) is 17.3 Å². The number of benzene rings is 1. The van der Waals surface area contributed by atoms with Crippen LogP contribution in [0.5, 0.6) is 0 Å². The summed E-state index contributed by atoms with van der Waals surface area (Å²) in [5.41, 5.74) is 0.707. The molecule has 0 N–H and O–H groups in total. The van der Waals surface area contributed by atoms with Crippen molar-refractivity contribution >= 4 is 5.91 Å². The molecule has 2 aromatic rings. The van der Waals surface area contributed by atoms with Gasteiger partial charge < -0.3 is 9.42 Å². The number of hydrogen-bond donors (Lipinski definition) is 0. The van der Waals surface area contributed by atoms with Gasteiger partial charge in [0.05, 0.1) is 13.0 Å². The van der Waals surface area contributed by atoms with Crippen LogP contribution in [-0.4, -0.2) is 52.0 Å². The topological polar surface area (TPSA) is 62.5 Å². The second kappa shape index (κ2) is 6.87. The van der Waals surface area contributed by atoms with Gasteiger partial charge in [0, 0.05) is 26.2 Å². The first-order valence-electron chi connectivity index (χ1n) is 7.64. The van der Waals surface area contributed by atoms with Crippen molar-refractivity contribution in [1.29, 1.82) is 0 Å². The zero-order valence-corrected chi connectivity index (χ0v) is 13.0. The Balaban J connectivity index is 1.49. The highest BCUT2D eigenvalue weighted by Gasteiger charge is 2.22. The monoisotopic (exact) mass is 318 g/mol. The van der Waals surface area contributed by atoms with Crippen LogP contribution in [0, 0.1) is 12.7 Å². The quantitative estimate of drug-likeness (QED) is 0.853. The number of carbonyl (C=O) groups is 1. The first-order chi connectivity index (χ1) is 11.1. The lowest BCUT2D eigenvalue weighted by Gasteiger charge is -2.34. The van der Waals surface area contributed by atoms with E-state index in [1.807, 2.05) is 4.90 Å². The van der Waals surface area contributed by atoms with Crippen molar-refractivity contribution in [1.82, 2.24) is 19.9 Å². The van der Waals surface area contributed by atoms with Gasteiger partial charge in [0.2, 0.25) is 11.8 Å². The second-order valence-corrected chi connectivity index (χ2v) is 5.70. The number of aromatic nitrogens is 2. The van der Waals surface area contributed by atoms with Crippen LogP contribution in [0.3, 0.4) is 0 Å². The molecule has 122 valence electrons. The molecule has 1 aliphatic rings. The third kappa shape index (κ3) is 4.13. The van der Waals surface area contributed by atoms with Crippen LogP contribution >= 0.6 is 0 Å². The highest BCUT2D eigenvalue weighted by molar-refractivity contribution is 5.78. The molecule has 0 radical (unpaired) electrons. The third-order valence-corrected chi connectivity index (χ3v) is 3.90. The Kier molecular flexibility index (Phi) is 4.66. The molecule has 1 saturated heterocycles. The first-order valence-corrected chi connectivity index (χ1v) is 7.64. The fourth-order valence-electron chi connectivity index (χ4n) is 2.68. The van der Waals surface area contributed by atoms with Gasteiger partial charge in [-0.05, 0) is 24.6 Å². The maximum atomic E-state index is 13.2. The van der Waals surface area contributed by atoms with Gasteiger partial charge in [0.1, 0.15) is 5.82 Å². The summed E-state index contributed by atoms with van der Waals surface area (Å²) in [7, 11) is 0. The fraction of sp³-hybridized carbons (Fsp3) is 0.438. The zero-order chi connectivity index (χ0) is 16.2. The summed E-state index contributed by atoms with van der Waals surface area (Å²) in [5, 5.41) is 3.77. The van der Waals surface area contributed by atoms with Crippen molar-refractivity contribution in [2.75, 3.05) is 26.2 Å². The van der Waals surface area contributed by atoms with E-state index in [0.29, 0.717) is 36.9 Å². The standard InChI is InChI=1S/C16H19FN4O2/c1-12-18-15(23-19-12)11-20-5-7-21(8-6-20)16(22)10-13-3-2-4-14(17)9-13/h2-4,9H,5-8,10-11H2,1H3. The van der Waals surface area contributed by atoms with Gasteiger partial charge in [-0.2, -0.15) is 4.98 Å². The van der Waals surface area contributed by atoms with Crippen molar-refractivity contribution in [3.05, 3.63) is 47.4 Å². The number of hydrogen-bond acceptors (Lipinski definition) is 5. The van der Waals surface area contributed by atoms with E-state index >= 15 is 0 Å². The molecule has 1 aromatic carbocycles. The number of halogens is 1. The molecule has 0 saturated carbocycles. The zero-order valence-electron chi connectivity index (χ0n) is 13.0. The third-order valence-electron chi connectivity index (χ3n) is 3.90. The Bertz CT molecular complexity index is 680. The van der Waals surface area contributed by atoms with Gasteiger partial charge in [-0.3, -0.25) is 9.69 Å². The van der Waals surface area contributed by atoms with Gasteiger partial charge in [-0.25, -0.2) is 4.39 Å². The summed E-state index contributed by atoms with van der Waals surface area (Å²) in [5.74, 6) is 0.949. The molecule has 1 aliphatic heterocycles. The number of amides is 1. The average molecular weight is 318 g/mol. The minimum absolute atomic E-state index is 0.0314. The maximum Gasteiger partial charge on any atom is 0.240 e. The molecule has 1 aromatic heterocycles. The van der Waals surface area contributed by atoms with Crippen molar-refractivity contribution in [2.45, 2.75) is 19.9 Å². The lowest BCUT2D eigenvalue weighted by molar-refractivity contribution is -0.132. The molecule has 1 amide bonds. The molecule has 0 unspecified atom stereocenters. The van der Waals surface area contributed by atoms with E-state index < -0.39 is 0 Å². The Morgan fingerprint density at radius 2 is 2.09 bits per heavy atom. The summed E-state index contributed by atoms with van der Waals surface area (Å²) in [6.45, 7) is 5.22. The number of aryl methyl sites for hydroxylation is 1. The minimum atomic E-state index is -0.310. The molecule has 7 heteroatoms. The molecule has 3 rings (SSSR count). The van der Waals surface area contributed by atoms with Crippen molar-refractivity contribution in [2.24, 2.45) is 0 Å². The average Bonchev–Trinajstić information content (AvgIpc) is 2.93. The molecule has 0 bridgehead atoms.